The molecule has 1 atom stereocenters. The van der Waals surface area contributed by atoms with Crippen molar-refractivity contribution in [3.05, 3.63) is 86.1 Å². The van der Waals surface area contributed by atoms with Gasteiger partial charge in [-0.15, -0.1) is 11.3 Å². The lowest BCUT2D eigenvalue weighted by Gasteiger charge is -2.25. The minimum absolute atomic E-state index is 0.0176. The highest BCUT2D eigenvalue weighted by Crippen LogP contribution is 2.46. The second-order valence-electron chi connectivity index (χ2n) is 9.10. The summed E-state index contributed by atoms with van der Waals surface area (Å²) in [7, 11) is 0. The van der Waals surface area contributed by atoms with Gasteiger partial charge in [-0.3, -0.25) is 14.5 Å². The number of nitrogens with zero attached hydrogens (tertiary/aromatic N) is 1. The molecule has 1 aliphatic heterocycles. The fraction of sp³-hybridized carbons (Fsp3) is 0.231. The Morgan fingerprint density at radius 3 is 2.45 bits per heavy atom. The van der Waals surface area contributed by atoms with Gasteiger partial charge in [-0.2, -0.15) is 0 Å². The highest BCUT2D eigenvalue weighted by atomic mass is 35.5. The number of hydrogen-bond donors (Lipinski definition) is 2. The van der Waals surface area contributed by atoms with Gasteiger partial charge in [0.25, 0.3) is 11.7 Å². The van der Waals surface area contributed by atoms with E-state index in [4.69, 9.17) is 11.6 Å². The minimum atomic E-state index is -0.896. The van der Waals surface area contributed by atoms with E-state index in [9.17, 15) is 19.8 Å². The molecule has 2 heterocycles. The quantitative estimate of drug-likeness (QED) is 0.260. The number of phenolic OH excluding ortho intramolecular Hbond substituents is 1. The standard InChI is InChI=1S/C26H24ClNO4S/c1-14-7-8-15(26(2,3)4)12-17(14)23(30)21-22(20-6-5-11-33-20)28(25(32)24(21)31)18-13-16(27)9-10-19(18)29/h5-13,22,29-30H,1-4H3/b23-21+. The molecular formula is C26H24ClNO4S. The predicted octanol–water partition coefficient (Wildman–Crippen LogP) is 6.34. The number of carbonyl (C=O) groups excluding carboxylic acids is 2. The van der Waals surface area contributed by atoms with E-state index in [2.05, 4.69) is 20.8 Å². The van der Waals surface area contributed by atoms with Crippen LogP contribution in [0.2, 0.25) is 5.02 Å². The Bertz CT molecular complexity index is 1290. The van der Waals surface area contributed by atoms with E-state index in [0.717, 1.165) is 11.1 Å². The van der Waals surface area contributed by atoms with Gasteiger partial charge in [-0.1, -0.05) is 50.6 Å². The average Bonchev–Trinajstić information content (AvgIpc) is 3.36. The normalized spacial score (nSPS) is 18.2. The number of phenols is 1. The Labute approximate surface area is 201 Å². The van der Waals surface area contributed by atoms with Crippen LogP contribution in [0.5, 0.6) is 5.75 Å². The van der Waals surface area contributed by atoms with E-state index < -0.39 is 17.7 Å². The number of hydrogen-bond acceptors (Lipinski definition) is 5. The summed E-state index contributed by atoms with van der Waals surface area (Å²) in [6, 6.07) is 12.8. The van der Waals surface area contributed by atoms with Gasteiger partial charge in [-0.25, -0.2) is 0 Å². The molecule has 1 unspecified atom stereocenters. The largest absolute Gasteiger partial charge is 0.507 e. The number of thiophene rings is 1. The number of ketones is 1. The number of Topliss-reactive ketones (excluding diaryl/α,β-unsaturated/α-hetero) is 1. The molecule has 0 radical (unpaired) electrons. The molecule has 1 fully saturated rings. The van der Waals surface area contributed by atoms with Crippen LogP contribution in [-0.4, -0.2) is 21.9 Å². The second kappa shape index (κ2) is 8.36. The second-order valence-corrected chi connectivity index (χ2v) is 10.5. The zero-order valence-corrected chi connectivity index (χ0v) is 20.3. The van der Waals surface area contributed by atoms with Crippen LogP contribution in [0.25, 0.3) is 5.76 Å². The average molecular weight is 482 g/mol. The Hall–Kier alpha value is -3.09. The molecule has 0 aliphatic carbocycles. The van der Waals surface area contributed by atoms with E-state index in [1.807, 2.05) is 36.6 Å². The number of aromatic hydroxyl groups is 1. The first-order valence-corrected chi connectivity index (χ1v) is 11.7. The number of benzene rings is 2. The van der Waals surface area contributed by atoms with Crippen molar-refractivity contribution in [2.45, 2.75) is 39.2 Å². The Morgan fingerprint density at radius 2 is 1.82 bits per heavy atom. The monoisotopic (exact) mass is 481 g/mol. The first kappa shape index (κ1) is 23.1. The maximum Gasteiger partial charge on any atom is 0.300 e. The molecule has 3 aromatic rings. The van der Waals surface area contributed by atoms with Crippen molar-refractivity contribution in [3.63, 3.8) is 0 Å². The van der Waals surface area contributed by atoms with E-state index in [0.29, 0.717) is 15.5 Å². The van der Waals surface area contributed by atoms with Gasteiger partial charge >= 0.3 is 0 Å². The number of rotatable bonds is 3. The predicted molar refractivity (Wildman–Crippen MR) is 132 cm³/mol. The molecule has 1 saturated heterocycles. The first-order chi connectivity index (χ1) is 15.5. The molecule has 7 heteroatoms. The minimum Gasteiger partial charge on any atom is -0.507 e. The van der Waals surface area contributed by atoms with Crippen molar-refractivity contribution in [2.75, 3.05) is 4.90 Å². The molecule has 33 heavy (non-hydrogen) atoms. The highest BCUT2D eigenvalue weighted by molar-refractivity contribution is 7.10. The van der Waals surface area contributed by atoms with Crippen molar-refractivity contribution >= 4 is 46.1 Å². The van der Waals surface area contributed by atoms with Crippen molar-refractivity contribution < 1.29 is 19.8 Å². The number of halogens is 1. The summed E-state index contributed by atoms with van der Waals surface area (Å²) in [5, 5.41) is 24.1. The van der Waals surface area contributed by atoms with Gasteiger partial charge in [-0.05, 0) is 59.2 Å². The van der Waals surface area contributed by atoms with Gasteiger partial charge in [0.15, 0.2) is 0 Å². The summed E-state index contributed by atoms with van der Waals surface area (Å²) >= 11 is 7.49. The number of aryl methyl sites for hydroxylation is 1. The van der Waals surface area contributed by atoms with Gasteiger partial charge in [0.2, 0.25) is 0 Å². The van der Waals surface area contributed by atoms with E-state index in [1.165, 1.54) is 34.4 Å². The van der Waals surface area contributed by atoms with Crippen LogP contribution in [0.3, 0.4) is 0 Å². The Balaban J connectivity index is 1.98. The summed E-state index contributed by atoms with van der Waals surface area (Å²) in [6.45, 7) is 8.04. The van der Waals surface area contributed by atoms with Crippen LogP contribution in [-0.2, 0) is 15.0 Å². The van der Waals surface area contributed by atoms with Crippen LogP contribution in [0, 0.1) is 6.92 Å². The molecule has 2 N–H and O–H groups in total. The van der Waals surface area contributed by atoms with E-state index in [-0.39, 0.29) is 28.2 Å². The van der Waals surface area contributed by atoms with Crippen molar-refractivity contribution in [1.82, 2.24) is 0 Å². The number of carbonyl (C=O) groups is 2. The molecular weight excluding hydrogens is 458 g/mol. The van der Waals surface area contributed by atoms with Crippen LogP contribution in [0.15, 0.2) is 59.5 Å². The summed E-state index contributed by atoms with van der Waals surface area (Å²) in [4.78, 5) is 28.4. The van der Waals surface area contributed by atoms with E-state index in [1.54, 1.807) is 6.07 Å². The maximum atomic E-state index is 13.3. The van der Waals surface area contributed by atoms with E-state index >= 15 is 0 Å². The summed E-state index contributed by atoms with van der Waals surface area (Å²) in [5.74, 6) is -2.07. The smallest absolute Gasteiger partial charge is 0.300 e. The molecule has 0 bridgehead atoms. The number of aliphatic hydroxyl groups is 1. The van der Waals surface area contributed by atoms with Gasteiger partial charge in [0, 0.05) is 15.5 Å². The topological polar surface area (TPSA) is 77.8 Å². The molecule has 1 aliphatic rings. The van der Waals surface area contributed by atoms with Crippen molar-refractivity contribution in [1.29, 1.82) is 0 Å². The molecule has 1 aromatic heterocycles. The summed E-state index contributed by atoms with van der Waals surface area (Å²) in [6.07, 6.45) is 0. The van der Waals surface area contributed by atoms with Crippen molar-refractivity contribution in [2.24, 2.45) is 0 Å². The van der Waals surface area contributed by atoms with Crippen LogP contribution < -0.4 is 4.90 Å². The molecule has 0 saturated carbocycles. The Morgan fingerprint density at radius 1 is 1.09 bits per heavy atom. The first-order valence-electron chi connectivity index (χ1n) is 10.4. The van der Waals surface area contributed by atoms with Gasteiger partial charge < -0.3 is 10.2 Å². The molecule has 1 amide bonds. The summed E-state index contributed by atoms with van der Waals surface area (Å²) < 4.78 is 0. The van der Waals surface area contributed by atoms with Crippen LogP contribution in [0.1, 0.15) is 48.4 Å². The lowest BCUT2D eigenvalue weighted by Crippen LogP contribution is -2.29. The van der Waals surface area contributed by atoms with Crippen LogP contribution >= 0.6 is 22.9 Å². The van der Waals surface area contributed by atoms with Crippen molar-refractivity contribution in [3.8, 4) is 5.75 Å². The molecule has 170 valence electrons. The number of amides is 1. The third-order valence-electron chi connectivity index (χ3n) is 5.81. The zero-order chi connectivity index (χ0) is 24.1. The number of aliphatic hydroxyl groups excluding tert-OH is 1. The fourth-order valence-corrected chi connectivity index (χ4v) is 4.97. The Kier molecular flexibility index (Phi) is 5.85. The third-order valence-corrected chi connectivity index (χ3v) is 6.97. The number of anilines is 1. The lowest BCUT2D eigenvalue weighted by molar-refractivity contribution is -0.132. The van der Waals surface area contributed by atoms with Gasteiger partial charge in [0.1, 0.15) is 17.6 Å². The lowest BCUT2D eigenvalue weighted by atomic mass is 9.84. The van der Waals surface area contributed by atoms with Crippen LogP contribution in [0.4, 0.5) is 5.69 Å². The highest BCUT2D eigenvalue weighted by Gasteiger charge is 2.48. The molecule has 0 spiro atoms. The summed E-state index contributed by atoms with van der Waals surface area (Å²) in [5.41, 5.74) is 2.19. The maximum absolute atomic E-state index is 13.3. The molecule has 5 nitrogen and oxygen atoms in total. The zero-order valence-electron chi connectivity index (χ0n) is 18.7. The van der Waals surface area contributed by atoms with Gasteiger partial charge in [0.05, 0.1) is 11.3 Å². The fourth-order valence-electron chi connectivity index (χ4n) is 3.98. The molecule has 2 aromatic carbocycles. The SMILES string of the molecule is Cc1ccc(C(C)(C)C)cc1/C(O)=C1\C(=O)C(=O)N(c2cc(Cl)ccc2O)C1c1cccs1. The third kappa shape index (κ3) is 4.05. The molecule has 4 rings (SSSR count).